The van der Waals surface area contributed by atoms with Crippen LogP contribution in [0.3, 0.4) is 0 Å². The highest BCUT2D eigenvalue weighted by Gasteiger charge is 2.31. The summed E-state index contributed by atoms with van der Waals surface area (Å²) in [5.41, 5.74) is 0.0889. The highest BCUT2D eigenvalue weighted by molar-refractivity contribution is 6.30. The summed E-state index contributed by atoms with van der Waals surface area (Å²) >= 11 is 6.02. The predicted octanol–water partition coefficient (Wildman–Crippen LogP) is 5.89. The van der Waals surface area contributed by atoms with E-state index in [0.717, 1.165) is 18.2 Å². The molecule has 3 rings (SSSR count). The lowest BCUT2D eigenvalue weighted by atomic mass is 10.1. The Balaban J connectivity index is 1.97. The SMILES string of the molecule is CC(C)c1cc(OC(=O)c2cccc(C(F)(F)F)c2)n(-c2cccc(Cl)c2)n1. The Morgan fingerprint density at radius 3 is 2.46 bits per heavy atom. The average Bonchev–Trinajstić information content (AvgIpc) is 3.05. The van der Waals surface area contributed by atoms with E-state index in [0.29, 0.717) is 16.4 Å². The van der Waals surface area contributed by atoms with Crippen LogP contribution in [0.1, 0.15) is 41.4 Å². The minimum absolute atomic E-state index is 0.0476. The minimum atomic E-state index is -4.55. The number of ether oxygens (including phenoxy) is 1. The summed E-state index contributed by atoms with van der Waals surface area (Å²) in [6.45, 7) is 3.84. The van der Waals surface area contributed by atoms with E-state index in [2.05, 4.69) is 5.10 Å². The first-order valence-electron chi connectivity index (χ1n) is 8.40. The van der Waals surface area contributed by atoms with Crippen LogP contribution in [-0.4, -0.2) is 15.7 Å². The fourth-order valence-corrected chi connectivity index (χ4v) is 2.69. The van der Waals surface area contributed by atoms with E-state index in [1.54, 1.807) is 30.3 Å². The molecule has 146 valence electrons. The van der Waals surface area contributed by atoms with Crippen LogP contribution in [0.4, 0.5) is 13.2 Å². The molecule has 0 bridgehead atoms. The van der Waals surface area contributed by atoms with E-state index in [-0.39, 0.29) is 17.4 Å². The molecule has 1 aromatic heterocycles. The standard InChI is InChI=1S/C20H16ClF3N2O2/c1-12(2)17-11-18(26(25-17)16-8-4-7-15(21)10-16)28-19(27)13-5-3-6-14(9-13)20(22,23)24/h3-12H,1-2H3. The molecule has 0 aliphatic carbocycles. The molecule has 0 saturated heterocycles. The molecule has 4 nitrogen and oxygen atoms in total. The molecule has 0 amide bonds. The molecule has 1 heterocycles. The Hall–Kier alpha value is -2.80. The van der Waals surface area contributed by atoms with Crippen LogP contribution in [0.5, 0.6) is 5.88 Å². The Morgan fingerprint density at radius 2 is 1.82 bits per heavy atom. The molecule has 0 saturated carbocycles. The second-order valence-electron chi connectivity index (χ2n) is 6.42. The average molecular weight is 409 g/mol. The molecule has 0 fully saturated rings. The van der Waals surface area contributed by atoms with Crippen molar-refractivity contribution in [1.82, 2.24) is 9.78 Å². The monoisotopic (exact) mass is 408 g/mol. The summed E-state index contributed by atoms with van der Waals surface area (Å²) in [5, 5.41) is 4.89. The van der Waals surface area contributed by atoms with Gasteiger partial charge in [0.15, 0.2) is 0 Å². The van der Waals surface area contributed by atoms with Crippen LogP contribution in [0.2, 0.25) is 5.02 Å². The van der Waals surface area contributed by atoms with E-state index in [4.69, 9.17) is 16.3 Å². The second-order valence-corrected chi connectivity index (χ2v) is 6.86. The summed E-state index contributed by atoms with van der Waals surface area (Å²) < 4.78 is 45.5. The molecule has 0 N–H and O–H groups in total. The number of halogens is 4. The van der Waals surface area contributed by atoms with Gasteiger partial charge in [-0.25, -0.2) is 9.48 Å². The van der Waals surface area contributed by atoms with Crippen LogP contribution in [0.25, 0.3) is 5.69 Å². The first kappa shape index (κ1) is 19.9. The van der Waals surface area contributed by atoms with Gasteiger partial charge in [-0.3, -0.25) is 0 Å². The normalized spacial score (nSPS) is 11.7. The van der Waals surface area contributed by atoms with E-state index in [1.807, 2.05) is 13.8 Å². The Kier molecular flexibility index (Phi) is 5.47. The third-order valence-corrected chi connectivity index (χ3v) is 4.20. The van der Waals surface area contributed by atoms with Crippen LogP contribution >= 0.6 is 11.6 Å². The van der Waals surface area contributed by atoms with Gasteiger partial charge in [0.1, 0.15) is 0 Å². The van der Waals surface area contributed by atoms with Gasteiger partial charge in [0.25, 0.3) is 0 Å². The maximum atomic E-state index is 12.9. The van der Waals surface area contributed by atoms with Crippen molar-refractivity contribution in [3.8, 4) is 11.6 Å². The van der Waals surface area contributed by atoms with Gasteiger partial charge in [-0.2, -0.15) is 18.3 Å². The van der Waals surface area contributed by atoms with Crippen molar-refractivity contribution in [2.75, 3.05) is 0 Å². The maximum absolute atomic E-state index is 12.9. The van der Waals surface area contributed by atoms with E-state index < -0.39 is 17.7 Å². The summed E-state index contributed by atoms with van der Waals surface area (Å²) in [5.74, 6) is -0.774. The molecule has 3 aromatic rings. The van der Waals surface area contributed by atoms with Gasteiger partial charge in [0.05, 0.1) is 22.5 Å². The number of rotatable bonds is 4. The van der Waals surface area contributed by atoms with Gasteiger partial charge in [-0.05, 0) is 42.3 Å². The fraction of sp³-hybridized carbons (Fsp3) is 0.200. The van der Waals surface area contributed by atoms with Gasteiger partial charge >= 0.3 is 12.1 Å². The zero-order valence-electron chi connectivity index (χ0n) is 15.0. The van der Waals surface area contributed by atoms with Crippen molar-refractivity contribution in [3.63, 3.8) is 0 Å². The predicted molar refractivity (Wildman–Crippen MR) is 99.1 cm³/mol. The van der Waals surface area contributed by atoms with Crippen LogP contribution in [0.15, 0.2) is 54.6 Å². The van der Waals surface area contributed by atoms with Crippen LogP contribution in [0, 0.1) is 0 Å². The van der Waals surface area contributed by atoms with Gasteiger partial charge in [-0.15, -0.1) is 0 Å². The lowest BCUT2D eigenvalue weighted by molar-refractivity contribution is -0.137. The number of esters is 1. The van der Waals surface area contributed by atoms with Crippen molar-refractivity contribution >= 4 is 17.6 Å². The largest absolute Gasteiger partial charge is 0.416 e. The third kappa shape index (κ3) is 4.36. The van der Waals surface area contributed by atoms with Crippen molar-refractivity contribution in [2.24, 2.45) is 0 Å². The number of carbonyl (C=O) groups excluding carboxylic acids is 1. The van der Waals surface area contributed by atoms with Crippen molar-refractivity contribution in [1.29, 1.82) is 0 Å². The van der Waals surface area contributed by atoms with Crippen molar-refractivity contribution in [3.05, 3.63) is 76.4 Å². The van der Waals surface area contributed by atoms with Gasteiger partial charge in [0.2, 0.25) is 5.88 Å². The Morgan fingerprint density at radius 1 is 1.11 bits per heavy atom. The summed E-state index contributed by atoms with van der Waals surface area (Å²) in [6.07, 6.45) is -4.55. The second kappa shape index (κ2) is 7.67. The number of hydrogen-bond donors (Lipinski definition) is 0. The first-order valence-corrected chi connectivity index (χ1v) is 8.78. The molecule has 0 aliphatic rings. The Labute approximate surface area is 164 Å². The molecular formula is C20H16ClF3N2O2. The van der Waals surface area contributed by atoms with E-state index in [1.165, 1.54) is 10.7 Å². The lowest BCUT2D eigenvalue weighted by Crippen LogP contribution is -2.13. The minimum Gasteiger partial charge on any atom is -0.404 e. The smallest absolute Gasteiger partial charge is 0.404 e. The molecule has 0 atom stereocenters. The molecule has 28 heavy (non-hydrogen) atoms. The zero-order chi connectivity index (χ0) is 20.5. The van der Waals surface area contributed by atoms with Gasteiger partial charge in [0, 0.05) is 11.1 Å². The highest BCUT2D eigenvalue weighted by Crippen LogP contribution is 2.30. The fourth-order valence-electron chi connectivity index (χ4n) is 2.51. The summed E-state index contributed by atoms with van der Waals surface area (Å²) in [4.78, 5) is 12.5. The van der Waals surface area contributed by atoms with Gasteiger partial charge in [-0.1, -0.05) is 37.6 Å². The molecule has 0 radical (unpaired) electrons. The molecule has 0 spiro atoms. The Bertz CT molecular complexity index is 1010. The number of alkyl halides is 3. The van der Waals surface area contributed by atoms with Crippen LogP contribution < -0.4 is 4.74 Å². The van der Waals surface area contributed by atoms with E-state index >= 15 is 0 Å². The molecule has 0 unspecified atom stereocenters. The number of aromatic nitrogens is 2. The van der Waals surface area contributed by atoms with Gasteiger partial charge < -0.3 is 4.74 Å². The highest BCUT2D eigenvalue weighted by atomic mass is 35.5. The van der Waals surface area contributed by atoms with E-state index in [9.17, 15) is 18.0 Å². The third-order valence-electron chi connectivity index (χ3n) is 3.96. The topological polar surface area (TPSA) is 44.1 Å². The molecule has 0 aliphatic heterocycles. The molecule has 8 heteroatoms. The zero-order valence-corrected chi connectivity index (χ0v) is 15.8. The molecular weight excluding hydrogens is 393 g/mol. The maximum Gasteiger partial charge on any atom is 0.416 e. The number of hydrogen-bond acceptors (Lipinski definition) is 3. The molecule has 2 aromatic carbocycles. The summed E-state index contributed by atoms with van der Waals surface area (Å²) in [7, 11) is 0. The number of benzene rings is 2. The quantitative estimate of drug-likeness (QED) is 0.506. The first-order chi connectivity index (χ1) is 13.1. The van der Waals surface area contributed by atoms with Crippen molar-refractivity contribution in [2.45, 2.75) is 25.9 Å². The summed E-state index contributed by atoms with van der Waals surface area (Å²) in [6, 6.07) is 12.4. The van der Waals surface area contributed by atoms with Crippen molar-refractivity contribution < 1.29 is 22.7 Å². The lowest BCUT2D eigenvalue weighted by Gasteiger charge is -2.10. The van der Waals surface area contributed by atoms with Crippen LogP contribution in [-0.2, 0) is 6.18 Å². The number of nitrogens with zero attached hydrogens (tertiary/aromatic N) is 2. The number of carbonyl (C=O) groups is 1.